The van der Waals surface area contributed by atoms with E-state index in [0.29, 0.717) is 42.5 Å². The first-order chi connectivity index (χ1) is 16.5. The minimum Gasteiger partial charge on any atom is -0.488 e. The lowest BCUT2D eigenvalue weighted by Gasteiger charge is -2.17. The maximum atomic E-state index is 14.0. The SMILES string of the molecule is O=C(O)c1cncc(C2=C(c3cc(C(F)(F)F)ccc3OCc3c(F)cc(F)cc3F)CCC2)n1. The van der Waals surface area contributed by atoms with Crippen molar-refractivity contribution in [2.24, 2.45) is 0 Å². The Hall–Kier alpha value is -3.89. The second kappa shape index (κ2) is 9.40. The van der Waals surface area contributed by atoms with Crippen molar-refractivity contribution in [1.29, 1.82) is 0 Å². The predicted molar refractivity (Wildman–Crippen MR) is 112 cm³/mol. The number of benzene rings is 2. The summed E-state index contributed by atoms with van der Waals surface area (Å²) >= 11 is 0. The number of carbonyl (C=O) groups is 1. The quantitative estimate of drug-likeness (QED) is 0.408. The van der Waals surface area contributed by atoms with Gasteiger partial charge in [0.05, 0.1) is 29.2 Å². The van der Waals surface area contributed by atoms with Crippen molar-refractivity contribution in [3.8, 4) is 5.75 Å². The Balaban J connectivity index is 1.80. The third-order valence-corrected chi connectivity index (χ3v) is 5.49. The molecule has 0 spiro atoms. The Morgan fingerprint density at radius 3 is 2.34 bits per heavy atom. The van der Waals surface area contributed by atoms with Crippen LogP contribution in [0.4, 0.5) is 26.3 Å². The van der Waals surface area contributed by atoms with Crippen molar-refractivity contribution in [3.05, 3.63) is 88.3 Å². The van der Waals surface area contributed by atoms with Crippen LogP contribution in [-0.2, 0) is 12.8 Å². The molecule has 5 nitrogen and oxygen atoms in total. The van der Waals surface area contributed by atoms with E-state index in [-0.39, 0.29) is 22.7 Å². The zero-order valence-corrected chi connectivity index (χ0v) is 17.8. The predicted octanol–water partition coefficient (Wildman–Crippen LogP) is 6.28. The molecule has 4 rings (SSSR count). The van der Waals surface area contributed by atoms with E-state index < -0.39 is 47.3 Å². The highest BCUT2D eigenvalue weighted by molar-refractivity contribution is 5.94. The van der Waals surface area contributed by atoms with Crippen LogP contribution < -0.4 is 4.74 Å². The number of aromatic nitrogens is 2. The number of halogens is 6. The smallest absolute Gasteiger partial charge is 0.416 e. The number of allylic oxidation sites excluding steroid dienone is 2. The molecule has 0 radical (unpaired) electrons. The first-order valence-corrected chi connectivity index (χ1v) is 10.3. The molecule has 1 aromatic heterocycles. The molecule has 0 aliphatic heterocycles. The summed E-state index contributed by atoms with van der Waals surface area (Å²) in [6.07, 6.45) is -1.06. The Morgan fingerprint density at radius 2 is 1.69 bits per heavy atom. The van der Waals surface area contributed by atoms with E-state index in [1.54, 1.807) is 0 Å². The Morgan fingerprint density at radius 1 is 1.00 bits per heavy atom. The van der Waals surface area contributed by atoms with Crippen molar-refractivity contribution < 1.29 is 41.0 Å². The Kier molecular flexibility index (Phi) is 6.51. The maximum Gasteiger partial charge on any atom is 0.416 e. The molecule has 1 N–H and O–H groups in total. The number of alkyl halides is 3. The van der Waals surface area contributed by atoms with Crippen molar-refractivity contribution in [3.63, 3.8) is 0 Å². The summed E-state index contributed by atoms with van der Waals surface area (Å²) in [5, 5.41) is 9.20. The second-order valence-corrected chi connectivity index (χ2v) is 7.75. The van der Waals surface area contributed by atoms with Gasteiger partial charge < -0.3 is 9.84 Å². The fraction of sp³-hybridized carbons (Fsp3) is 0.208. The highest BCUT2D eigenvalue weighted by Gasteiger charge is 2.32. The molecule has 2 aromatic carbocycles. The van der Waals surface area contributed by atoms with Crippen molar-refractivity contribution in [2.45, 2.75) is 32.0 Å². The third kappa shape index (κ3) is 5.13. The number of hydrogen-bond donors (Lipinski definition) is 1. The lowest BCUT2D eigenvalue weighted by atomic mass is 9.97. The van der Waals surface area contributed by atoms with Gasteiger partial charge >= 0.3 is 12.1 Å². The molecule has 0 saturated heterocycles. The van der Waals surface area contributed by atoms with E-state index in [1.165, 1.54) is 6.20 Å². The minimum atomic E-state index is -4.68. The standard InChI is InChI=1S/C24H16F6N2O3/c25-13-7-18(26)17(19(27)8-13)11-35-22-5-4-12(24(28,29)30)6-16(22)14-2-1-3-15(14)20-9-31-10-21(32-20)23(33)34/h4-10H,1-3,11H2,(H,33,34). The van der Waals surface area contributed by atoms with Crippen LogP contribution in [0.15, 0.2) is 42.7 Å². The molecule has 11 heteroatoms. The molecule has 0 atom stereocenters. The molecule has 0 unspecified atom stereocenters. The summed E-state index contributed by atoms with van der Waals surface area (Å²) in [6.45, 7) is -0.701. The minimum absolute atomic E-state index is 0.0257. The van der Waals surface area contributed by atoms with Crippen LogP contribution in [0.25, 0.3) is 11.1 Å². The van der Waals surface area contributed by atoms with Crippen LogP contribution in [0.5, 0.6) is 5.75 Å². The van der Waals surface area contributed by atoms with Crippen LogP contribution in [0.1, 0.15) is 52.1 Å². The summed E-state index contributed by atoms with van der Waals surface area (Å²) in [5.41, 5.74) is -0.758. The molecule has 1 aliphatic rings. The van der Waals surface area contributed by atoms with Gasteiger partial charge in [-0.1, -0.05) is 0 Å². The Bertz CT molecular complexity index is 1310. The van der Waals surface area contributed by atoms with Crippen LogP contribution in [0, 0.1) is 17.5 Å². The van der Waals surface area contributed by atoms with E-state index >= 15 is 0 Å². The highest BCUT2D eigenvalue weighted by Crippen LogP contribution is 2.44. The molecular formula is C24H16F6N2O3. The molecule has 0 amide bonds. The van der Waals surface area contributed by atoms with E-state index in [1.807, 2.05) is 0 Å². The first kappa shape index (κ1) is 24.2. The largest absolute Gasteiger partial charge is 0.488 e. The fourth-order valence-electron chi connectivity index (χ4n) is 3.87. The van der Waals surface area contributed by atoms with Gasteiger partial charge in [-0.3, -0.25) is 4.98 Å². The van der Waals surface area contributed by atoms with Gasteiger partial charge in [0, 0.05) is 17.7 Å². The number of nitrogens with zero attached hydrogens (tertiary/aromatic N) is 2. The van der Waals surface area contributed by atoms with Gasteiger partial charge in [-0.25, -0.2) is 22.9 Å². The molecule has 0 fully saturated rings. The third-order valence-electron chi connectivity index (χ3n) is 5.49. The van der Waals surface area contributed by atoms with E-state index in [2.05, 4.69) is 9.97 Å². The molecule has 35 heavy (non-hydrogen) atoms. The van der Waals surface area contributed by atoms with E-state index in [9.17, 15) is 36.2 Å². The highest BCUT2D eigenvalue weighted by atomic mass is 19.4. The second-order valence-electron chi connectivity index (χ2n) is 7.75. The number of aromatic carboxylic acids is 1. The van der Waals surface area contributed by atoms with Gasteiger partial charge in [-0.05, 0) is 48.6 Å². The summed E-state index contributed by atoms with van der Waals surface area (Å²) in [4.78, 5) is 19.2. The maximum absolute atomic E-state index is 14.0. The van der Waals surface area contributed by atoms with Crippen molar-refractivity contribution >= 4 is 17.1 Å². The molecular weight excluding hydrogens is 478 g/mol. The topological polar surface area (TPSA) is 72.3 Å². The van der Waals surface area contributed by atoms with Crippen LogP contribution >= 0.6 is 0 Å². The number of ether oxygens (including phenoxy) is 1. The molecule has 3 aromatic rings. The zero-order chi connectivity index (χ0) is 25.3. The average Bonchev–Trinajstić information content (AvgIpc) is 3.27. The summed E-state index contributed by atoms with van der Waals surface area (Å²) in [7, 11) is 0. The Labute approximate surface area is 194 Å². The van der Waals surface area contributed by atoms with Gasteiger partial charge in [-0.2, -0.15) is 13.2 Å². The molecule has 0 bridgehead atoms. The number of rotatable bonds is 6. The summed E-state index contributed by atoms with van der Waals surface area (Å²) in [5.74, 6) is -4.91. The first-order valence-electron chi connectivity index (χ1n) is 10.3. The molecule has 0 saturated carbocycles. The lowest BCUT2D eigenvalue weighted by Crippen LogP contribution is -2.08. The average molecular weight is 494 g/mol. The molecule has 182 valence electrons. The van der Waals surface area contributed by atoms with Crippen LogP contribution in [0.3, 0.4) is 0 Å². The van der Waals surface area contributed by atoms with Gasteiger partial charge in [0.25, 0.3) is 0 Å². The summed E-state index contributed by atoms with van der Waals surface area (Å²) < 4.78 is 87.2. The van der Waals surface area contributed by atoms with Gasteiger partial charge in [0.15, 0.2) is 5.69 Å². The van der Waals surface area contributed by atoms with Crippen LogP contribution in [-0.4, -0.2) is 21.0 Å². The fourth-order valence-corrected chi connectivity index (χ4v) is 3.87. The lowest BCUT2D eigenvalue weighted by molar-refractivity contribution is -0.137. The molecule has 1 aliphatic carbocycles. The van der Waals surface area contributed by atoms with Crippen LogP contribution in [0.2, 0.25) is 0 Å². The zero-order valence-electron chi connectivity index (χ0n) is 17.8. The van der Waals surface area contributed by atoms with Gasteiger partial charge in [0.2, 0.25) is 0 Å². The van der Waals surface area contributed by atoms with E-state index in [0.717, 1.165) is 24.4 Å². The van der Waals surface area contributed by atoms with Gasteiger partial charge in [0.1, 0.15) is 29.8 Å². The van der Waals surface area contributed by atoms with Gasteiger partial charge in [-0.15, -0.1) is 0 Å². The van der Waals surface area contributed by atoms with Crippen molar-refractivity contribution in [2.75, 3.05) is 0 Å². The number of carboxylic acid groups (broad SMARTS) is 1. The molecule has 1 heterocycles. The van der Waals surface area contributed by atoms with Crippen molar-refractivity contribution in [1.82, 2.24) is 9.97 Å². The van der Waals surface area contributed by atoms with E-state index in [4.69, 9.17) is 4.74 Å². The normalized spacial score (nSPS) is 13.9. The summed E-state index contributed by atoms with van der Waals surface area (Å²) in [6, 6.07) is 3.63. The number of hydrogen-bond acceptors (Lipinski definition) is 4. The monoisotopic (exact) mass is 494 g/mol. The number of carboxylic acids is 1.